The molecule has 0 aliphatic carbocycles. The molecular weight excluding hydrogens is 264 g/mol. The van der Waals surface area contributed by atoms with Crippen molar-refractivity contribution in [2.24, 2.45) is 5.73 Å². The van der Waals surface area contributed by atoms with Gasteiger partial charge in [0.25, 0.3) is 0 Å². The lowest BCUT2D eigenvalue weighted by Crippen LogP contribution is -2.33. The fourth-order valence-electron chi connectivity index (χ4n) is 2.06. The van der Waals surface area contributed by atoms with Gasteiger partial charge in [0.15, 0.2) is 0 Å². The minimum atomic E-state index is -0.643. The molecule has 0 fully saturated rings. The first-order valence-corrected chi connectivity index (χ1v) is 6.57. The number of rotatable bonds is 4. The van der Waals surface area contributed by atoms with Crippen molar-refractivity contribution in [1.82, 2.24) is 0 Å². The predicted molar refractivity (Wildman–Crippen MR) is 80.3 cm³/mol. The molecule has 0 amide bonds. The second-order valence-corrected chi connectivity index (χ2v) is 4.72. The number of nitriles is 1. The number of nitrogens with two attached hydrogens (primary N) is 1. The van der Waals surface area contributed by atoms with E-state index >= 15 is 0 Å². The molecule has 0 aromatic heterocycles. The van der Waals surface area contributed by atoms with Gasteiger partial charge >= 0.3 is 5.97 Å². The van der Waals surface area contributed by atoms with E-state index in [1.165, 1.54) is 7.11 Å². The van der Waals surface area contributed by atoms with Crippen LogP contribution in [0.25, 0.3) is 11.1 Å². The number of benzene rings is 2. The van der Waals surface area contributed by atoms with E-state index in [1.54, 1.807) is 12.1 Å². The van der Waals surface area contributed by atoms with Gasteiger partial charge in [-0.25, -0.2) is 0 Å². The van der Waals surface area contributed by atoms with Crippen molar-refractivity contribution in [3.63, 3.8) is 0 Å². The lowest BCUT2D eigenvalue weighted by atomic mass is 10.0. The number of nitrogens with zero attached hydrogens (tertiary/aromatic N) is 1. The predicted octanol–water partition coefficient (Wildman–Crippen LogP) is 2.27. The lowest BCUT2D eigenvalue weighted by molar-refractivity contribution is -0.142. The standard InChI is InChI=1S/C17H16N2O2/c1-21-17(20)16(19)10-12-2-6-14(7-3-12)15-8-4-13(11-18)5-9-15/h2-9,16H,10,19H2,1H3/t16-/m0/s1. The third-order valence-corrected chi connectivity index (χ3v) is 3.26. The van der Waals surface area contributed by atoms with Gasteiger partial charge in [-0.2, -0.15) is 5.26 Å². The zero-order chi connectivity index (χ0) is 15.2. The van der Waals surface area contributed by atoms with Crippen LogP contribution in [-0.2, 0) is 16.0 Å². The van der Waals surface area contributed by atoms with Crippen LogP contribution in [0.4, 0.5) is 0 Å². The molecule has 4 heteroatoms. The molecule has 0 aliphatic rings. The molecule has 0 saturated carbocycles. The molecule has 0 bridgehead atoms. The second-order valence-electron chi connectivity index (χ2n) is 4.72. The molecule has 2 rings (SSSR count). The van der Waals surface area contributed by atoms with Gasteiger partial charge in [-0.3, -0.25) is 4.79 Å². The summed E-state index contributed by atoms with van der Waals surface area (Å²) in [7, 11) is 1.33. The normalized spacial score (nSPS) is 11.5. The molecule has 0 aliphatic heterocycles. The Morgan fingerprint density at radius 1 is 1.14 bits per heavy atom. The SMILES string of the molecule is COC(=O)[C@@H](N)Cc1ccc(-c2ccc(C#N)cc2)cc1. The van der Waals surface area contributed by atoms with E-state index in [0.717, 1.165) is 16.7 Å². The Morgan fingerprint density at radius 2 is 1.67 bits per heavy atom. The van der Waals surface area contributed by atoms with Gasteiger partial charge in [0, 0.05) is 0 Å². The van der Waals surface area contributed by atoms with Crippen molar-refractivity contribution in [1.29, 1.82) is 5.26 Å². The van der Waals surface area contributed by atoms with Crippen LogP contribution >= 0.6 is 0 Å². The zero-order valence-corrected chi connectivity index (χ0v) is 11.7. The lowest BCUT2D eigenvalue weighted by Gasteiger charge is -2.10. The van der Waals surface area contributed by atoms with E-state index < -0.39 is 12.0 Å². The molecule has 21 heavy (non-hydrogen) atoms. The second kappa shape index (κ2) is 6.69. The van der Waals surface area contributed by atoms with Gasteiger partial charge in [-0.15, -0.1) is 0 Å². The summed E-state index contributed by atoms with van der Waals surface area (Å²) in [6.07, 6.45) is 0.445. The van der Waals surface area contributed by atoms with Crippen LogP contribution in [0.2, 0.25) is 0 Å². The van der Waals surface area contributed by atoms with Crippen LogP contribution in [0.15, 0.2) is 48.5 Å². The van der Waals surface area contributed by atoms with Crippen molar-refractivity contribution < 1.29 is 9.53 Å². The van der Waals surface area contributed by atoms with Gasteiger partial charge in [-0.05, 0) is 35.2 Å². The molecular formula is C17H16N2O2. The molecule has 2 N–H and O–H groups in total. The highest BCUT2D eigenvalue weighted by atomic mass is 16.5. The minimum absolute atomic E-state index is 0.411. The smallest absolute Gasteiger partial charge is 0.322 e. The number of hydrogen-bond donors (Lipinski definition) is 1. The fraction of sp³-hybridized carbons (Fsp3) is 0.176. The molecule has 2 aromatic rings. The summed E-state index contributed by atoms with van der Waals surface area (Å²) in [6.45, 7) is 0. The third-order valence-electron chi connectivity index (χ3n) is 3.26. The van der Waals surface area contributed by atoms with E-state index in [-0.39, 0.29) is 0 Å². The Labute approximate surface area is 123 Å². The van der Waals surface area contributed by atoms with Gasteiger partial charge in [-0.1, -0.05) is 36.4 Å². The first-order chi connectivity index (χ1) is 10.1. The van der Waals surface area contributed by atoms with Crippen molar-refractivity contribution in [3.05, 3.63) is 59.7 Å². The molecule has 0 spiro atoms. The third kappa shape index (κ3) is 3.68. The van der Waals surface area contributed by atoms with E-state index in [2.05, 4.69) is 10.8 Å². The van der Waals surface area contributed by atoms with Crippen LogP contribution in [-0.4, -0.2) is 19.1 Å². The quantitative estimate of drug-likeness (QED) is 0.872. The van der Waals surface area contributed by atoms with Crippen LogP contribution in [0.5, 0.6) is 0 Å². The average Bonchev–Trinajstić information content (AvgIpc) is 2.55. The van der Waals surface area contributed by atoms with Crippen LogP contribution in [0.3, 0.4) is 0 Å². The first-order valence-electron chi connectivity index (χ1n) is 6.57. The molecule has 1 atom stereocenters. The zero-order valence-electron chi connectivity index (χ0n) is 11.7. The number of ether oxygens (including phenoxy) is 1. The Bertz CT molecular complexity index is 655. The van der Waals surface area contributed by atoms with Gasteiger partial charge in [0.1, 0.15) is 6.04 Å². The van der Waals surface area contributed by atoms with Crippen molar-refractivity contribution in [3.8, 4) is 17.2 Å². The summed E-state index contributed by atoms with van der Waals surface area (Å²) in [4.78, 5) is 11.3. The van der Waals surface area contributed by atoms with E-state index in [0.29, 0.717) is 12.0 Å². The van der Waals surface area contributed by atoms with Gasteiger partial charge < -0.3 is 10.5 Å². The Balaban J connectivity index is 2.11. The highest BCUT2D eigenvalue weighted by Crippen LogP contribution is 2.20. The number of carbonyl (C=O) groups is 1. The monoisotopic (exact) mass is 280 g/mol. The van der Waals surface area contributed by atoms with Crippen LogP contribution in [0, 0.1) is 11.3 Å². The summed E-state index contributed by atoms with van der Waals surface area (Å²) >= 11 is 0. The largest absolute Gasteiger partial charge is 0.468 e. The fourth-order valence-corrected chi connectivity index (χ4v) is 2.06. The molecule has 0 saturated heterocycles. The maximum Gasteiger partial charge on any atom is 0.322 e. The van der Waals surface area contributed by atoms with Crippen molar-refractivity contribution in [2.45, 2.75) is 12.5 Å². The van der Waals surface area contributed by atoms with Crippen molar-refractivity contribution in [2.75, 3.05) is 7.11 Å². The molecule has 4 nitrogen and oxygen atoms in total. The average molecular weight is 280 g/mol. The topological polar surface area (TPSA) is 76.1 Å². The maximum atomic E-state index is 11.3. The summed E-state index contributed by atoms with van der Waals surface area (Å²) in [5.74, 6) is -0.411. The minimum Gasteiger partial charge on any atom is -0.468 e. The summed E-state index contributed by atoms with van der Waals surface area (Å²) in [6, 6.07) is 16.7. The number of esters is 1. The van der Waals surface area contributed by atoms with Crippen LogP contribution in [0.1, 0.15) is 11.1 Å². The highest BCUT2D eigenvalue weighted by Gasteiger charge is 2.13. The summed E-state index contributed by atoms with van der Waals surface area (Å²) in [5, 5.41) is 8.78. The van der Waals surface area contributed by atoms with Gasteiger partial charge in [0.05, 0.1) is 18.7 Å². The number of hydrogen-bond acceptors (Lipinski definition) is 4. The van der Waals surface area contributed by atoms with E-state index in [9.17, 15) is 4.79 Å². The van der Waals surface area contributed by atoms with E-state index in [1.807, 2.05) is 36.4 Å². The highest BCUT2D eigenvalue weighted by molar-refractivity contribution is 5.75. The van der Waals surface area contributed by atoms with Gasteiger partial charge in [0.2, 0.25) is 0 Å². The summed E-state index contributed by atoms with van der Waals surface area (Å²) in [5.41, 5.74) is 9.44. The molecule has 0 unspecified atom stereocenters. The molecule has 2 aromatic carbocycles. The van der Waals surface area contributed by atoms with E-state index in [4.69, 9.17) is 11.0 Å². The van der Waals surface area contributed by atoms with Crippen LogP contribution < -0.4 is 5.73 Å². The number of methoxy groups -OCH3 is 1. The number of carbonyl (C=O) groups excluding carboxylic acids is 1. The Hall–Kier alpha value is -2.64. The molecule has 0 heterocycles. The molecule has 106 valence electrons. The first kappa shape index (κ1) is 14.8. The Morgan fingerprint density at radius 3 is 2.14 bits per heavy atom. The maximum absolute atomic E-state index is 11.3. The van der Waals surface area contributed by atoms with Crippen molar-refractivity contribution >= 4 is 5.97 Å². The Kier molecular flexibility index (Phi) is 4.70. The summed E-state index contributed by atoms with van der Waals surface area (Å²) < 4.78 is 4.61. The molecule has 0 radical (unpaired) electrons.